The smallest absolute Gasteiger partial charge is 0.0175 e. The second-order valence-electron chi connectivity index (χ2n) is 13.6. The largest absolute Gasteiger partial charge is 0.0654 e. The van der Waals surface area contributed by atoms with Gasteiger partial charge in [-0.1, -0.05) is 177 Å². The molecule has 244 valence electrons. The van der Waals surface area contributed by atoms with Crippen LogP contribution in [0.5, 0.6) is 0 Å². The Kier molecular flexibility index (Phi) is 12.1. The van der Waals surface area contributed by atoms with E-state index in [0.29, 0.717) is 0 Å². The van der Waals surface area contributed by atoms with E-state index >= 15 is 0 Å². The zero-order valence-electron chi connectivity index (χ0n) is 28.4. The first-order valence-corrected chi connectivity index (χ1v) is 20.0. The maximum absolute atomic E-state index is 3.74. The molecule has 6 rings (SSSR count). The number of benzene rings is 5. The summed E-state index contributed by atoms with van der Waals surface area (Å²) in [7, 11) is 0. The van der Waals surface area contributed by atoms with Gasteiger partial charge < -0.3 is 0 Å². The van der Waals surface area contributed by atoms with Crippen LogP contribution < -0.4 is 0 Å². The molecule has 0 aromatic heterocycles. The molecule has 0 bridgehead atoms. The molecule has 0 amide bonds. The zero-order chi connectivity index (χ0) is 32.6. The molecule has 0 atom stereocenters. The summed E-state index contributed by atoms with van der Waals surface area (Å²) >= 11 is 7.48. The van der Waals surface area contributed by atoms with E-state index in [1.165, 1.54) is 139 Å². The molecule has 0 N–H and O–H groups in total. The molecule has 0 nitrogen and oxygen atoms in total. The maximum atomic E-state index is 3.74. The summed E-state index contributed by atoms with van der Waals surface area (Å²) in [6.07, 6.45) is 19.4. The van der Waals surface area contributed by atoms with Crippen molar-refractivity contribution in [3.63, 3.8) is 0 Å². The predicted octanol–water partition coefficient (Wildman–Crippen LogP) is 15.5. The Hall–Kier alpha value is -2.68. The van der Waals surface area contributed by atoms with Gasteiger partial charge in [-0.05, 0) is 116 Å². The number of hydrogen-bond acceptors (Lipinski definition) is 0. The van der Waals surface area contributed by atoms with Crippen LogP contribution in [0.25, 0.3) is 55.3 Å². The second kappa shape index (κ2) is 16.6. The fourth-order valence-electron chi connectivity index (χ4n) is 7.91. The Labute approximate surface area is 300 Å². The molecule has 0 spiro atoms. The Bertz CT molecular complexity index is 1770. The van der Waals surface area contributed by atoms with Gasteiger partial charge >= 0.3 is 0 Å². The molecular weight excluding hydrogens is 700 g/mol. The van der Waals surface area contributed by atoms with Gasteiger partial charge in [-0.3, -0.25) is 0 Å². The SMILES string of the molecule is CCCCCCCCCc1c(CCCCCCCC)c(-c2ccc(Br)cc2)c2c(c1-c1ccc(Br)cc1)-c1cccc3cccc-2c13. The van der Waals surface area contributed by atoms with E-state index in [-0.39, 0.29) is 0 Å². The molecule has 0 saturated carbocycles. The van der Waals surface area contributed by atoms with Crippen LogP contribution in [0.4, 0.5) is 0 Å². The fourth-order valence-corrected chi connectivity index (χ4v) is 8.44. The monoisotopic (exact) mass is 748 g/mol. The maximum Gasteiger partial charge on any atom is 0.0175 e. The molecule has 1 aliphatic rings. The van der Waals surface area contributed by atoms with E-state index in [1.54, 1.807) is 11.1 Å². The standard InChI is InChI=1S/C45H50Br2/c1-3-5-7-9-11-13-15-21-38-37(20-14-12-10-8-6-4-2)42(33-24-28-35(46)29-25-33)44-39-22-16-18-32-19-17-23-40(41(32)39)45(44)43(38)34-26-30-36(47)31-27-34/h16-19,22-31H,3-15,20-21H2,1-2H3. The summed E-state index contributed by atoms with van der Waals surface area (Å²) in [5.41, 5.74) is 14.5. The normalized spacial score (nSPS) is 11.8. The number of hydrogen-bond donors (Lipinski definition) is 0. The Morgan fingerprint density at radius 1 is 0.404 bits per heavy atom. The van der Waals surface area contributed by atoms with E-state index in [0.717, 1.165) is 21.8 Å². The van der Waals surface area contributed by atoms with Crippen LogP contribution in [-0.2, 0) is 12.8 Å². The number of halogens is 2. The minimum Gasteiger partial charge on any atom is -0.0654 e. The molecule has 0 radical (unpaired) electrons. The van der Waals surface area contributed by atoms with Crippen molar-refractivity contribution in [2.45, 2.75) is 110 Å². The van der Waals surface area contributed by atoms with Crippen molar-refractivity contribution in [3.8, 4) is 44.5 Å². The van der Waals surface area contributed by atoms with Crippen LogP contribution >= 0.6 is 31.9 Å². The summed E-state index contributed by atoms with van der Waals surface area (Å²) in [6, 6.07) is 32.2. The van der Waals surface area contributed by atoms with Gasteiger partial charge in [0.25, 0.3) is 0 Å². The van der Waals surface area contributed by atoms with Crippen molar-refractivity contribution in [2.75, 3.05) is 0 Å². The van der Waals surface area contributed by atoms with Gasteiger partial charge in [0.2, 0.25) is 0 Å². The second-order valence-corrected chi connectivity index (χ2v) is 15.4. The van der Waals surface area contributed by atoms with Crippen LogP contribution in [0.3, 0.4) is 0 Å². The van der Waals surface area contributed by atoms with Gasteiger partial charge in [0.1, 0.15) is 0 Å². The van der Waals surface area contributed by atoms with Gasteiger partial charge in [0.15, 0.2) is 0 Å². The molecule has 1 aliphatic carbocycles. The first kappa shape index (κ1) is 34.2. The summed E-state index contributed by atoms with van der Waals surface area (Å²) in [4.78, 5) is 0. The van der Waals surface area contributed by atoms with Crippen LogP contribution in [0.1, 0.15) is 108 Å². The molecular formula is C45H50Br2. The molecule has 0 heterocycles. The molecule has 0 aliphatic heterocycles. The summed E-state index contributed by atoms with van der Waals surface area (Å²) < 4.78 is 2.27. The lowest BCUT2D eigenvalue weighted by atomic mass is 9.77. The molecule has 0 fully saturated rings. The highest BCUT2D eigenvalue weighted by atomic mass is 79.9. The lowest BCUT2D eigenvalue weighted by Gasteiger charge is -2.26. The number of unbranched alkanes of at least 4 members (excludes halogenated alkanes) is 11. The minimum absolute atomic E-state index is 1.13. The fraction of sp³-hybridized carbons (Fsp3) is 0.378. The first-order valence-electron chi connectivity index (χ1n) is 18.4. The summed E-state index contributed by atoms with van der Waals surface area (Å²) in [5.74, 6) is 0. The number of fused-ring (bicyclic) bond motifs is 3. The van der Waals surface area contributed by atoms with E-state index in [4.69, 9.17) is 0 Å². The van der Waals surface area contributed by atoms with Gasteiger partial charge in [-0.15, -0.1) is 0 Å². The molecule has 2 heteroatoms. The first-order chi connectivity index (χ1) is 23.1. The van der Waals surface area contributed by atoms with Gasteiger partial charge in [-0.2, -0.15) is 0 Å². The quantitative estimate of drug-likeness (QED) is 0.0815. The van der Waals surface area contributed by atoms with Crippen LogP contribution in [0, 0.1) is 0 Å². The van der Waals surface area contributed by atoms with Gasteiger partial charge in [0.05, 0.1) is 0 Å². The summed E-state index contributed by atoms with van der Waals surface area (Å²) in [5, 5.41) is 2.76. The van der Waals surface area contributed by atoms with Crippen molar-refractivity contribution < 1.29 is 0 Å². The van der Waals surface area contributed by atoms with Crippen molar-refractivity contribution in [3.05, 3.63) is 105 Å². The van der Waals surface area contributed by atoms with Gasteiger partial charge in [-0.25, -0.2) is 0 Å². The van der Waals surface area contributed by atoms with E-state index in [1.807, 2.05) is 0 Å². The molecule has 47 heavy (non-hydrogen) atoms. The highest BCUT2D eigenvalue weighted by molar-refractivity contribution is 9.10. The average Bonchev–Trinajstić information content (AvgIpc) is 3.42. The van der Waals surface area contributed by atoms with E-state index in [2.05, 4.69) is 131 Å². The molecule has 5 aromatic rings. The van der Waals surface area contributed by atoms with Crippen molar-refractivity contribution in [2.24, 2.45) is 0 Å². The average molecular weight is 751 g/mol. The third-order valence-electron chi connectivity index (χ3n) is 10.2. The molecule has 5 aromatic carbocycles. The van der Waals surface area contributed by atoms with E-state index < -0.39 is 0 Å². The van der Waals surface area contributed by atoms with Crippen LogP contribution in [-0.4, -0.2) is 0 Å². The molecule has 0 unspecified atom stereocenters. The van der Waals surface area contributed by atoms with Crippen LogP contribution in [0.15, 0.2) is 93.9 Å². The van der Waals surface area contributed by atoms with Gasteiger partial charge in [0, 0.05) is 8.95 Å². The van der Waals surface area contributed by atoms with Crippen molar-refractivity contribution >= 4 is 42.6 Å². The van der Waals surface area contributed by atoms with Crippen molar-refractivity contribution in [1.82, 2.24) is 0 Å². The van der Waals surface area contributed by atoms with Crippen molar-refractivity contribution in [1.29, 1.82) is 0 Å². The third-order valence-corrected chi connectivity index (χ3v) is 11.3. The Balaban J connectivity index is 1.57. The zero-order valence-corrected chi connectivity index (χ0v) is 31.6. The topological polar surface area (TPSA) is 0 Å². The molecule has 0 saturated heterocycles. The summed E-state index contributed by atoms with van der Waals surface area (Å²) in [6.45, 7) is 4.62. The lowest BCUT2D eigenvalue weighted by molar-refractivity contribution is 0.587. The minimum atomic E-state index is 1.13. The highest BCUT2D eigenvalue weighted by Gasteiger charge is 2.32. The highest BCUT2D eigenvalue weighted by Crippen LogP contribution is 2.57. The Morgan fingerprint density at radius 3 is 1.19 bits per heavy atom. The lowest BCUT2D eigenvalue weighted by Crippen LogP contribution is -2.06. The van der Waals surface area contributed by atoms with E-state index in [9.17, 15) is 0 Å². The Morgan fingerprint density at radius 2 is 0.787 bits per heavy atom. The predicted molar refractivity (Wildman–Crippen MR) is 213 cm³/mol. The van der Waals surface area contributed by atoms with Crippen LogP contribution in [0.2, 0.25) is 0 Å². The third kappa shape index (κ3) is 7.65. The number of rotatable bonds is 17.